The Kier molecular flexibility index (Phi) is 17.5. The molecule has 0 saturated heterocycles. The zero-order chi connectivity index (χ0) is 28.2. The van der Waals surface area contributed by atoms with Crippen LogP contribution in [0.1, 0.15) is 76.7 Å². The van der Waals surface area contributed by atoms with Crippen molar-refractivity contribution in [2.75, 3.05) is 26.9 Å². The summed E-state index contributed by atoms with van der Waals surface area (Å²) in [7, 11) is 1.63. The predicted octanol–water partition coefficient (Wildman–Crippen LogP) is 6.28. The van der Waals surface area contributed by atoms with Crippen LogP contribution in [0.3, 0.4) is 0 Å². The van der Waals surface area contributed by atoms with Gasteiger partial charge in [0.1, 0.15) is 31.2 Å². The minimum Gasteiger partial charge on any atom is -0.495 e. The second kappa shape index (κ2) is 20.1. The number of ether oxygens (including phenoxy) is 4. The predicted molar refractivity (Wildman–Crippen MR) is 150 cm³/mol. The number of hydrogen-bond acceptors (Lipinski definition) is 7. The number of methoxy groups -OCH3 is 1. The van der Waals surface area contributed by atoms with Crippen molar-refractivity contribution in [3.8, 4) is 5.75 Å². The standard InChI is InChI=1S/C27H40O5.C4H6O2/c1-5-6-7-8-22-9-13-25(14-10-22)30-17-18-31-26-15-11-23(12-16-26)24(19-29-4)20-32-27(28)21(2)3;1-4(2-5)3-6/h11-12,15-18,22,24-25H,2,5-10,13-14,19-20H2,1,3-4H3;2,6H,1,3H2/b18-17-;. The lowest BCUT2D eigenvalue weighted by Crippen LogP contribution is -2.20. The molecule has 1 unspecified atom stereocenters. The highest BCUT2D eigenvalue weighted by atomic mass is 16.5. The van der Waals surface area contributed by atoms with Crippen LogP contribution in [0.15, 0.2) is 61.1 Å². The van der Waals surface area contributed by atoms with E-state index < -0.39 is 0 Å². The van der Waals surface area contributed by atoms with Crippen LogP contribution in [0, 0.1) is 5.92 Å². The Morgan fingerprint density at radius 3 is 2.29 bits per heavy atom. The van der Waals surface area contributed by atoms with Crippen LogP contribution in [0.25, 0.3) is 0 Å². The average Bonchev–Trinajstić information content (AvgIpc) is 2.94. The van der Waals surface area contributed by atoms with Crippen LogP contribution in [-0.4, -0.2) is 50.4 Å². The number of aliphatic hydroxyl groups excluding tert-OH is 1. The molecule has 0 bridgehead atoms. The molecule has 1 aromatic rings. The van der Waals surface area contributed by atoms with Gasteiger partial charge in [0, 0.05) is 24.2 Å². The Labute approximate surface area is 228 Å². The summed E-state index contributed by atoms with van der Waals surface area (Å²) in [5.74, 6) is 1.17. The first-order valence-corrected chi connectivity index (χ1v) is 13.5. The zero-order valence-electron chi connectivity index (χ0n) is 23.4. The quantitative estimate of drug-likeness (QED) is 0.0885. The Bertz CT molecular complexity index is 851. The van der Waals surface area contributed by atoms with E-state index in [2.05, 4.69) is 20.1 Å². The third kappa shape index (κ3) is 14.1. The van der Waals surface area contributed by atoms with Gasteiger partial charge in [-0.2, -0.15) is 0 Å². The number of carbonyl (C=O) groups excluding carboxylic acids is 2. The van der Waals surface area contributed by atoms with Crippen LogP contribution in [0.5, 0.6) is 5.75 Å². The summed E-state index contributed by atoms with van der Waals surface area (Å²) < 4.78 is 22.1. The molecule has 7 heteroatoms. The zero-order valence-corrected chi connectivity index (χ0v) is 23.4. The maximum atomic E-state index is 11.7. The molecule has 1 N–H and O–H groups in total. The SMILES string of the molecule is C=C(C)C(=O)OCC(COC)c1ccc(O/C=C\OC2CCC(CCCCC)CC2)cc1.C=C(C=O)CO. The number of benzene rings is 1. The van der Waals surface area contributed by atoms with Crippen LogP contribution >= 0.6 is 0 Å². The van der Waals surface area contributed by atoms with Crippen LogP contribution in [0.4, 0.5) is 0 Å². The van der Waals surface area contributed by atoms with E-state index in [1.807, 2.05) is 24.3 Å². The van der Waals surface area contributed by atoms with Crippen molar-refractivity contribution in [2.45, 2.75) is 77.2 Å². The molecule has 1 saturated carbocycles. The molecule has 212 valence electrons. The van der Waals surface area contributed by atoms with E-state index in [1.54, 1.807) is 26.6 Å². The fourth-order valence-electron chi connectivity index (χ4n) is 4.09. The van der Waals surface area contributed by atoms with E-state index >= 15 is 0 Å². The van der Waals surface area contributed by atoms with Crippen LogP contribution in [0.2, 0.25) is 0 Å². The van der Waals surface area contributed by atoms with Gasteiger partial charge in [-0.1, -0.05) is 57.9 Å². The van der Waals surface area contributed by atoms with Gasteiger partial charge in [-0.05, 0) is 56.2 Å². The van der Waals surface area contributed by atoms with E-state index in [9.17, 15) is 9.59 Å². The fourth-order valence-corrected chi connectivity index (χ4v) is 4.09. The number of unbranched alkanes of at least 4 members (excludes halogenated alkanes) is 2. The van der Waals surface area contributed by atoms with Gasteiger partial charge in [-0.25, -0.2) is 4.79 Å². The van der Waals surface area contributed by atoms with Crippen molar-refractivity contribution in [1.29, 1.82) is 0 Å². The monoisotopic (exact) mass is 530 g/mol. The number of esters is 1. The molecule has 1 aromatic carbocycles. The fraction of sp³-hybridized carbons (Fsp3) is 0.548. The Morgan fingerprint density at radius 1 is 1.08 bits per heavy atom. The number of aldehydes is 1. The maximum absolute atomic E-state index is 11.7. The van der Waals surface area contributed by atoms with Gasteiger partial charge in [0.2, 0.25) is 0 Å². The summed E-state index contributed by atoms with van der Waals surface area (Å²) in [6.45, 7) is 11.1. The molecule has 1 aliphatic carbocycles. The molecule has 2 rings (SSSR count). The lowest BCUT2D eigenvalue weighted by molar-refractivity contribution is -0.139. The molecule has 0 spiro atoms. The Hall–Kier alpha value is -2.90. The molecule has 0 heterocycles. The maximum Gasteiger partial charge on any atom is 0.333 e. The first-order chi connectivity index (χ1) is 18.3. The molecule has 0 aliphatic heterocycles. The topological polar surface area (TPSA) is 91.3 Å². The molecular weight excluding hydrogens is 484 g/mol. The normalized spacial score (nSPS) is 17.6. The van der Waals surface area contributed by atoms with Gasteiger partial charge in [-0.15, -0.1) is 0 Å². The molecule has 7 nitrogen and oxygen atoms in total. The molecule has 1 aliphatic rings. The molecular formula is C31H46O7. The van der Waals surface area contributed by atoms with Gasteiger partial charge in [0.25, 0.3) is 0 Å². The minimum atomic E-state index is -0.388. The van der Waals surface area contributed by atoms with Crippen LogP contribution in [-0.2, 0) is 23.8 Å². The molecule has 38 heavy (non-hydrogen) atoms. The van der Waals surface area contributed by atoms with E-state index in [0.29, 0.717) is 24.6 Å². The molecule has 1 atom stereocenters. The van der Waals surface area contributed by atoms with Crippen molar-refractivity contribution in [3.05, 3.63) is 66.7 Å². The number of hydrogen-bond donors (Lipinski definition) is 1. The van der Waals surface area contributed by atoms with Gasteiger partial charge in [0.15, 0.2) is 0 Å². The van der Waals surface area contributed by atoms with Crippen molar-refractivity contribution >= 4 is 12.3 Å². The van der Waals surface area contributed by atoms with E-state index in [4.69, 9.17) is 24.1 Å². The molecule has 1 fully saturated rings. The van der Waals surface area contributed by atoms with E-state index in [0.717, 1.165) is 30.1 Å². The summed E-state index contributed by atoms with van der Waals surface area (Å²) in [5.41, 5.74) is 1.62. The summed E-state index contributed by atoms with van der Waals surface area (Å²) >= 11 is 0. The highest BCUT2D eigenvalue weighted by Crippen LogP contribution is 2.30. The lowest BCUT2D eigenvalue weighted by Gasteiger charge is -2.27. The van der Waals surface area contributed by atoms with Gasteiger partial charge >= 0.3 is 5.97 Å². The highest BCUT2D eigenvalue weighted by molar-refractivity contribution is 5.86. The van der Waals surface area contributed by atoms with E-state index in [-0.39, 0.29) is 30.7 Å². The summed E-state index contributed by atoms with van der Waals surface area (Å²) in [5, 5.41) is 8.00. The largest absolute Gasteiger partial charge is 0.495 e. The average molecular weight is 531 g/mol. The number of rotatable bonds is 16. The summed E-state index contributed by atoms with van der Waals surface area (Å²) in [4.78, 5) is 21.1. The van der Waals surface area contributed by atoms with Crippen molar-refractivity contribution in [2.24, 2.45) is 5.92 Å². The smallest absolute Gasteiger partial charge is 0.333 e. The summed E-state index contributed by atoms with van der Waals surface area (Å²) in [6.07, 6.45) is 14.3. The van der Waals surface area contributed by atoms with Gasteiger partial charge < -0.3 is 24.1 Å². The second-order valence-corrected chi connectivity index (χ2v) is 9.70. The molecule has 0 amide bonds. The molecule has 0 radical (unpaired) electrons. The van der Waals surface area contributed by atoms with Crippen molar-refractivity contribution < 1.29 is 33.6 Å². The molecule has 0 aromatic heterocycles. The van der Waals surface area contributed by atoms with Crippen molar-refractivity contribution in [1.82, 2.24) is 0 Å². The number of carbonyl (C=O) groups is 2. The lowest BCUT2D eigenvalue weighted by atomic mass is 9.84. The van der Waals surface area contributed by atoms with Gasteiger partial charge in [-0.3, -0.25) is 4.79 Å². The first-order valence-electron chi connectivity index (χ1n) is 13.5. The Balaban J connectivity index is 0.00000107. The Morgan fingerprint density at radius 2 is 1.76 bits per heavy atom. The summed E-state index contributed by atoms with van der Waals surface area (Å²) in [6, 6.07) is 7.71. The minimum absolute atomic E-state index is 0.0478. The first kappa shape index (κ1) is 33.1. The second-order valence-electron chi connectivity index (χ2n) is 9.70. The van der Waals surface area contributed by atoms with E-state index in [1.165, 1.54) is 38.5 Å². The number of aliphatic hydroxyl groups is 1. The third-order valence-electron chi connectivity index (χ3n) is 6.39. The third-order valence-corrected chi connectivity index (χ3v) is 6.39. The van der Waals surface area contributed by atoms with Gasteiger partial charge in [0.05, 0.1) is 19.3 Å². The highest BCUT2D eigenvalue weighted by Gasteiger charge is 2.21. The van der Waals surface area contributed by atoms with Crippen molar-refractivity contribution in [3.63, 3.8) is 0 Å². The van der Waals surface area contributed by atoms with Crippen LogP contribution < -0.4 is 4.74 Å².